The second-order valence-electron chi connectivity index (χ2n) is 15.9. The molecular formula is C43H57ClN12O8. The highest BCUT2D eigenvalue weighted by molar-refractivity contribution is 6.29. The van der Waals surface area contributed by atoms with Crippen LogP contribution in [-0.4, -0.2) is 118 Å². The van der Waals surface area contributed by atoms with Crippen LogP contribution in [0.2, 0.25) is 5.15 Å². The standard InChI is InChI=1S/C21H26N6O4.C13H18ClN5O2.C8H9NO2.CH4/c1-21(2,12-28)11-23-20(29)13-10-24-27-17(22-3)9-16(26-19(13)27)25-14-5-4-6-15-18(14)31-8-7-30-15;1-13(2,7-20)6-16-12(21)8-5-17-19-10(15-3)4-9(14)18-11(8)19;9-6-2-1-3-7-8(6)11-5-4-10-7;/h4-6,9-10,22,28H,7-8,11-12H2,1-3H3,(H,23,29)(H,25,26);4-5,15,20H,6-7H2,1-3H3,(H,16,21);1-3H,4-5,9H2;1H4. The van der Waals surface area contributed by atoms with Gasteiger partial charge in [-0.2, -0.15) is 19.2 Å². The van der Waals surface area contributed by atoms with Crippen LogP contribution in [0.4, 0.5) is 28.8 Å². The Bertz CT molecular complexity index is 2560. The first kappa shape index (κ1) is 48.3. The summed E-state index contributed by atoms with van der Waals surface area (Å²) in [6.07, 6.45) is 2.93. The maximum absolute atomic E-state index is 12.8. The summed E-state index contributed by atoms with van der Waals surface area (Å²) in [6.45, 7) is 10.2. The Morgan fingerprint density at radius 1 is 0.734 bits per heavy atom. The summed E-state index contributed by atoms with van der Waals surface area (Å²) in [5.41, 5.74) is 7.63. The number of nitrogens with zero attached hydrogens (tertiary/aromatic N) is 6. The molecule has 0 fully saturated rings. The maximum Gasteiger partial charge on any atom is 0.256 e. The molecule has 2 aromatic carbocycles. The number of nitrogens with one attached hydrogen (secondary N) is 5. The van der Waals surface area contributed by atoms with E-state index in [2.05, 4.69) is 46.7 Å². The number of aromatic nitrogens is 6. The molecule has 0 atom stereocenters. The number of para-hydroxylation sites is 2. The molecule has 8 rings (SSSR count). The molecule has 344 valence electrons. The molecule has 0 saturated heterocycles. The van der Waals surface area contributed by atoms with Crippen LogP contribution in [0.25, 0.3) is 11.3 Å². The number of anilines is 5. The van der Waals surface area contributed by atoms with Gasteiger partial charge in [-0.05, 0) is 24.3 Å². The average Bonchev–Trinajstić information content (AvgIpc) is 3.93. The molecular weight excluding hydrogens is 848 g/mol. The molecule has 6 heterocycles. The van der Waals surface area contributed by atoms with Gasteiger partial charge in [0.2, 0.25) is 0 Å². The van der Waals surface area contributed by atoms with E-state index >= 15 is 0 Å². The van der Waals surface area contributed by atoms with Gasteiger partial charge in [-0.15, -0.1) is 0 Å². The molecule has 9 N–H and O–H groups in total. The van der Waals surface area contributed by atoms with Crippen molar-refractivity contribution in [2.75, 3.05) is 88.5 Å². The molecule has 20 nitrogen and oxygen atoms in total. The largest absolute Gasteiger partial charge is 0.486 e. The molecule has 4 aromatic heterocycles. The number of aliphatic hydroxyl groups excluding tert-OH is 2. The van der Waals surface area contributed by atoms with Crippen LogP contribution in [0.15, 0.2) is 60.9 Å². The van der Waals surface area contributed by atoms with Gasteiger partial charge in [0, 0.05) is 63.4 Å². The Morgan fingerprint density at radius 3 is 1.75 bits per heavy atom. The molecule has 0 aliphatic carbocycles. The predicted molar refractivity (Wildman–Crippen MR) is 246 cm³/mol. The van der Waals surface area contributed by atoms with Crippen molar-refractivity contribution in [3.05, 3.63) is 77.2 Å². The maximum atomic E-state index is 12.8. The Morgan fingerprint density at radius 2 is 1.22 bits per heavy atom. The number of benzene rings is 2. The summed E-state index contributed by atoms with van der Waals surface area (Å²) in [5, 5.41) is 42.2. The van der Waals surface area contributed by atoms with E-state index in [9.17, 15) is 19.8 Å². The fraction of sp³-hybridized carbons (Fsp3) is 0.395. The number of hydrogen-bond donors (Lipinski definition) is 8. The second kappa shape index (κ2) is 21.1. The molecule has 64 heavy (non-hydrogen) atoms. The lowest BCUT2D eigenvalue weighted by Gasteiger charge is -2.22. The summed E-state index contributed by atoms with van der Waals surface area (Å²) in [5.74, 6) is 3.92. The number of fused-ring (bicyclic) bond motifs is 4. The van der Waals surface area contributed by atoms with E-state index in [1.54, 1.807) is 36.8 Å². The zero-order valence-electron chi connectivity index (χ0n) is 35.9. The van der Waals surface area contributed by atoms with Crippen molar-refractivity contribution >= 4 is 63.5 Å². The van der Waals surface area contributed by atoms with E-state index in [4.69, 9.17) is 36.3 Å². The fourth-order valence-corrected chi connectivity index (χ4v) is 6.17. The van der Waals surface area contributed by atoms with Crippen molar-refractivity contribution in [1.29, 1.82) is 0 Å². The van der Waals surface area contributed by atoms with Crippen LogP contribution in [-0.2, 0) is 0 Å². The topological polar surface area (TPSA) is 258 Å². The number of amides is 2. The van der Waals surface area contributed by atoms with E-state index < -0.39 is 5.41 Å². The van der Waals surface area contributed by atoms with E-state index in [1.165, 1.54) is 16.9 Å². The van der Waals surface area contributed by atoms with E-state index in [1.807, 2.05) is 58.0 Å². The van der Waals surface area contributed by atoms with E-state index in [0.29, 0.717) is 108 Å². The summed E-state index contributed by atoms with van der Waals surface area (Å²) in [4.78, 5) is 33.8. The number of ether oxygens (including phenoxy) is 4. The number of halogens is 1. The lowest BCUT2D eigenvalue weighted by Crippen LogP contribution is -2.36. The minimum absolute atomic E-state index is 0. The average molecular weight is 905 g/mol. The Balaban J connectivity index is 0.000000200. The number of nitrogens with two attached hydrogens (primary N) is 1. The lowest BCUT2D eigenvalue weighted by molar-refractivity contribution is 0.0904. The number of nitrogen functional groups attached to an aromatic ring is 1. The normalized spacial score (nSPS) is 12.7. The molecule has 0 unspecified atom stereocenters. The smallest absolute Gasteiger partial charge is 0.256 e. The minimum atomic E-state index is -0.427. The SMILES string of the molecule is C.CNc1cc(Cl)nc2c(C(=O)NCC(C)(C)CO)cnn12.CNc1cc(Nc2cccc3c2OCCO3)nc2c(C(=O)NCC(C)(C)CO)cnn12.Nc1cccc2c1OCCO2. The molecule has 0 bridgehead atoms. The molecule has 0 radical (unpaired) electrons. The first-order valence-corrected chi connectivity index (χ1v) is 20.4. The summed E-state index contributed by atoms with van der Waals surface area (Å²) >= 11 is 5.95. The van der Waals surface area contributed by atoms with Crippen molar-refractivity contribution in [2.45, 2.75) is 35.1 Å². The van der Waals surface area contributed by atoms with Crippen molar-refractivity contribution in [2.24, 2.45) is 10.8 Å². The number of aliphatic hydroxyl groups is 2. The van der Waals surface area contributed by atoms with Gasteiger partial charge < -0.3 is 61.5 Å². The van der Waals surface area contributed by atoms with Gasteiger partial charge in [-0.25, -0.2) is 9.97 Å². The predicted octanol–water partition coefficient (Wildman–Crippen LogP) is 4.88. The van der Waals surface area contributed by atoms with Gasteiger partial charge in [0.1, 0.15) is 60.2 Å². The van der Waals surface area contributed by atoms with Crippen LogP contribution in [0.3, 0.4) is 0 Å². The van der Waals surface area contributed by atoms with Gasteiger partial charge >= 0.3 is 0 Å². The highest BCUT2D eigenvalue weighted by Gasteiger charge is 2.24. The first-order chi connectivity index (χ1) is 30.2. The van der Waals surface area contributed by atoms with Crippen molar-refractivity contribution in [3.8, 4) is 23.0 Å². The van der Waals surface area contributed by atoms with E-state index in [0.717, 1.165) is 5.75 Å². The summed E-state index contributed by atoms with van der Waals surface area (Å²) in [6, 6.07) is 14.5. The van der Waals surface area contributed by atoms with Crippen molar-refractivity contribution in [3.63, 3.8) is 0 Å². The second-order valence-corrected chi connectivity index (χ2v) is 16.3. The van der Waals surface area contributed by atoms with Crippen molar-refractivity contribution < 1.29 is 38.7 Å². The Kier molecular flexibility index (Phi) is 15.9. The Labute approximate surface area is 375 Å². The van der Waals surface area contributed by atoms with Gasteiger partial charge in [-0.3, -0.25) is 9.59 Å². The first-order valence-electron chi connectivity index (χ1n) is 20.0. The number of carbonyl (C=O) groups is 2. The molecule has 21 heteroatoms. The number of carbonyl (C=O) groups excluding carboxylic acids is 2. The van der Waals surface area contributed by atoms with E-state index in [-0.39, 0.29) is 43.0 Å². The lowest BCUT2D eigenvalue weighted by atomic mass is 9.95. The fourth-order valence-electron chi connectivity index (χ4n) is 5.98. The Hall–Kier alpha value is -6.77. The molecule has 2 aliphatic rings. The van der Waals surface area contributed by atoms with Crippen LogP contribution >= 0.6 is 11.6 Å². The third-order valence-corrected chi connectivity index (χ3v) is 9.84. The van der Waals surface area contributed by atoms with Crippen LogP contribution in [0.5, 0.6) is 23.0 Å². The summed E-state index contributed by atoms with van der Waals surface area (Å²) in [7, 11) is 3.50. The highest BCUT2D eigenvalue weighted by atomic mass is 35.5. The van der Waals surface area contributed by atoms with Crippen LogP contribution < -0.4 is 51.3 Å². The summed E-state index contributed by atoms with van der Waals surface area (Å²) < 4.78 is 25.1. The zero-order valence-corrected chi connectivity index (χ0v) is 36.7. The monoisotopic (exact) mass is 904 g/mol. The van der Waals surface area contributed by atoms with Gasteiger partial charge in [-0.1, -0.05) is 58.9 Å². The molecule has 6 aromatic rings. The highest BCUT2D eigenvalue weighted by Crippen LogP contribution is 2.39. The third kappa shape index (κ3) is 11.4. The van der Waals surface area contributed by atoms with Gasteiger partial charge in [0.25, 0.3) is 11.8 Å². The van der Waals surface area contributed by atoms with Crippen molar-refractivity contribution in [1.82, 2.24) is 39.8 Å². The number of hydrogen-bond acceptors (Lipinski definition) is 16. The molecule has 0 saturated carbocycles. The quantitative estimate of drug-likeness (QED) is 0.0601. The van der Waals surface area contributed by atoms with Gasteiger partial charge in [0.15, 0.2) is 34.3 Å². The zero-order chi connectivity index (χ0) is 45.3. The number of rotatable bonds is 12. The third-order valence-electron chi connectivity index (χ3n) is 9.65. The molecule has 2 aliphatic heterocycles. The van der Waals surface area contributed by atoms with Crippen LogP contribution in [0.1, 0.15) is 55.8 Å². The minimum Gasteiger partial charge on any atom is -0.486 e. The molecule has 0 spiro atoms. The van der Waals surface area contributed by atoms with Crippen LogP contribution in [0, 0.1) is 10.8 Å². The molecule has 2 amide bonds. The van der Waals surface area contributed by atoms with Gasteiger partial charge in [0.05, 0.1) is 23.8 Å².